The van der Waals surface area contributed by atoms with E-state index in [9.17, 15) is 15.2 Å². The maximum Gasteiger partial charge on any atom is 0.235 e. The number of aromatic nitrogens is 1. The third-order valence-corrected chi connectivity index (χ3v) is 5.44. The van der Waals surface area contributed by atoms with E-state index in [1.54, 1.807) is 24.1 Å². The van der Waals surface area contributed by atoms with Crippen LogP contribution in [0.1, 0.15) is 28.9 Å². The van der Waals surface area contributed by atoms with Crippen LogP contribution >= 0.6 is 11.8 Å². The highest BCUT2D eigenvalue weighted by atomic mass is 32.2. The highest BCUT2D eigenvalue weighted by Crippen LogP contribution is 2.42. The molecule has 144 valence electrons. The zero-order valence-corrected chi connectivity index (χ0v) is 16.5. The summed E-state index contributed by atoms with van der Waals surface area (Å²) in [6, 6.07) is 11.2. The van der Waals surface area contributed by atoms with Crippen molar-refractivity contribution in [2.24, 2.45) is 5.73 Å². The van der Waals surface area contributed by atoms with Crippen LogP contribution in [0.25, 0.3) is 4.85 Å². The van der Waals surface area contributed by atoms with Crippen molar-refractivity contribution < 1.29 is 9.90 Å². The molecular formula is C20H21N5O2S. The number of carbonyl (C=O) groups excluding carboxylic acids is 1. The number of nitriles is 1. The summed E-state index contributed by atoms with van der Waals surface area (Å²) in [7, 11) is 1.72. The van der Waals surface area contributed by atoms with Gasteiger partial charge in [0.25, 0.3) is 0 Å². The number of hydrogen-bond donors (Lipinski definition) is 2. The van der Waals surface area contributed by atoms with E-state index in [0.717, 1.165) is 11.8 Å². The predicted octanol–water partition coefficient (Wildman–Crippen LogP) is 2.81. The molecule has 28 heavy (non-hydrogen) atoms. The maximum atomic E-state index is 12.1. The molecular weight excluding hydrogens is 374 g/mol. The van der Waals surface area contributed by atoms with Crippen molar-refractivity contribution in [1.29, 1.82) is 5.26 Å². The molecule has 3 N–H and O–H groups in total. The summed E-state index contributed by atoms with van der Waals surface area (Å²) in [4.78, 5) is 21.9. The number of nitrogens with two attached hydrogens (primary N) is 1. The molecule has 0 bridgehead atoms. The molecule has 1 amide bonds. The second-order valence-corrected chi connectivity index (χ2v) is 7.07. The molecule has 1 unspecified atom stereocenters. The predicted molar refractivity (Wildman–Crippen MR) is 109 cm³/mol. The van der Waals surface area contributed by atoms with E-state index in [1.807, 2.05) is 25.1 Å². The fourth-order valence-corrected chi connectivity index (χ4v) is 3.86. The number of anilines is 1. The van der Waals surface area contributed by atoms with E-state index >= 15 is 0 Å². The second kappa shape index (κ2) is 9.75. The monoisotopic (exact) mass is 395 g/mol. The van der Waals surface area contributed by atoms with Gasteiger partial charge in [0.2, 0.25) is 11.6 Å². The van der Waals surface area contributed by atoms with Crippen molar-refractivity contribution in [2.45, 2.75) is 23.6 Å². The lowest BCUT2D eigenvalue weighted by molar-refractivity contribution is -0.117. The number of amides is 1. The Morgan fingerprint density at radius 2 is 2.14 bits per heavy atom. The van der Waals surface area contributed by atoms with Crippen LogP contribution in [0.3, 0.4) is 0 Å². The zero-order valence-electron chi connectivity index (χ0n) is 15.7. The van der Waals surface area contributed by atoms with Gasteiger partial charge in [-0.05, 0) is 17.5 Å². The third-order valence-electron chi connectivity index (χ3n) is 4.19. The number of benzene rings is 1. The van der Waals surface area contributed by atoms with Crippen molar-refractivity contribution >= 4 is 29.2 Å². The standard InChI is InChI=1S/C20H21N5O2S/c1-4-14-15(12-21)20(24-19(16(14)23-2)25(3)10-11-26)28-17(18(22)27)13-8-6-5-7-9-13/h5-9,17,26H,4,10-11H2,1,3H3,(H2,22,27). The fraction of sp³-hybridized carbons (Fsp3) is 0.300. The molecule has 0 saturated heterocycles. The topological polar surface area (TPSA) is 108 Å². The molecule has 0 aliphatic carbocycles. The number of primary amides is 1. The van der Waals surface area contributed by atoms with Gasteiger partial charge in [-0.25, -0.2) is 9.83 Å². The van der Waals surface area contributed by atoms with Crippen molar-refractivity contribution in [3.8, 4) is 6.07 Å². The van der Waals surface area contributed by atoms with Gasteiger partial charge in [-0.15, -0.1) is 0 Å². The van der Waals surface area contributed by atoms with E-state index < -0.39 is 11.2 Å². The van der Waals surface area contributed by atoms with E-state index in [0.29, 0.717) is 28.4 Å². The fourth-order valence-electron chi connectivity index (χ4n) is 2.80. The lowest BCUT2D eigenvalue weighted by atomic mass is 10.1. The van der Waals surface area contributed by atoms with Crippen molar-refractivity contribution in [3.63, 3.8) is 0 Å². The Balaban J connectivity index is 2.65. The number of rotatable bonds is 8. The van der Waals surface area contributed by atoms with Gasteiger partial charge in [0.05, 0.1) is 18.7 Å². The Morgan fingerprint density at radius 1 is 1.46 bits per heavy atom. The molecule has 1 heterocycles. The summed E-state index contributed by atoms with van der Waals surface area (Å²) >= 11 is 1.10. The Kier molecular flexibility index (Phi) is 7.39. The number of aliphatic hydroxyl groups excluding tert-OH is 1. The molecule has 2 aromatic rings. The number of aliphatic hydroxyl groups is 1. The van der Waals surface area contributed by atoms with Crippen LogP contribution < -0.4 is 10.6 Å². The Bertz CT molecular complexity index is 934. The number of likely N-dealkylation sites (N-methyl/N-ethyl adjacent to an activating group) is 1. The number of pyridine rings is 1. The van der Waals surface area contributed by atoms with E-state index in [1.165, 1.54) is 0 Å². The van der Waals surface area contributed by atoms with Crippen LogP contribution in [0.2, 0.25) is 0 Å². The molecule has 0 fully saturated rings. The van der Waals surface area contributed by atoms with Gasteiger partial charge in [-0.3, -0.25) is 4.79 Å². The van der Waals surface area contributed by atoms with Crippen molar-refractivity contribution in [3.05, 3.63) is 58.4 Å². The molecule has 2 rings (SSSR count). The first-order valence-corrected chi connectivity index (χ1v) is 9.53. The minimum atomic E-state index is -0.722. The summed E-state index contributed by atoms with van der Waals surface area (Å²) < 4.78 is 0. The molecule has 0 radical (unpaired) electrons. The van der Waals surface area contributed by atoms with Crippen LogP contribution in [0.15, 0.2) is 35.4 Å². The maximum absolute atomic E-state index is 12.1. The molecule has 1 aromatic carbocycles. The molecule has 8 heteroatoms. The highest BCUT2D eigenvalue weighted by molar-refractivity contribution is 8.00. The van der Waals surface area contributed by atoms with Crippen LogP contribution in [0.5, 0.6) is 0 Å². The van der Waals surface area contributed by atoms with Crippen LogP contribution in [-0.4, -0.2) is 36.2 Å². The van der Waals surface area contributed by atoms with Crippen LogP contribution in [0.4, 0.5) is 11.5 Å². The molecule has 0 aliphatic heterocycles. The minimum Gasteiger partial charge on any atom is -0.395 e. The Morgan fingerprint density at radius 3 is 2.64 bits per heavy atom. The van der Waals surface area contributed by atoms with E-state index in [-0.39, 0.29) is 24.4 Å². The Labute approximate surface area is 168 Å². The lowest BCUT2D eigenvalue weighted by Gasteiger charge is -2.23. The summed E-state index contributed by atoms with van der Waals surface area (Å²) in [6.45, 7) is 9.59. The van der Waals surface area contributed by atoms with Crippen molar-refractivity contribution in [2.75, 3.05) is 25.1 Å². The van der Waals surface area contributed by atoms with Crippen LogP contribution in [0, 0.1) is 17.9 Å². The molecule has 0 spiro atoms. The smallest absolute Gasteiger partial charge is 0.235 e. The number of nitrogens with zero attached hydrogens (tertiary/aromatic N) is 4. The van der Waals surface area contributed by atoms with Crippen molar-refractivity contribution in [1.82, 2.24) is 4.98 Å². The molecule has 0 aliphatic rings. The van der Waals surface area contributed by atoms with E-state index in [2.05, 4.69) is 15.9 Å². The van der Waals surface area contributed by atoms with Crippen LogP contribution in [-0.2, 0) is 11.2 Å². The van der Waals surface area contributed by atoms with Gasteiger partial charge >= 0.3 is 0 Å². The molecule has 0 saturated carbocycles. The first kappa shape index (κ1) is 21.2. The average molecular weight is 395 g/mol. The highest BCUT2D eigenvalue weighted by Gasteiger charge is 2.26. The zero-order chi connectivity index (χ0) is 20.7. The number of hydrogen-bond acceptors (Lipinski definition) is 6. The van der Waals surface area contributed by atoms with Gasteiger partial charge < -0.3 is 15.7 Å². The van der Waals surface area contributed by atoms with Gasteiger partial charge in [0, 0.05) is 13.6 Å². The Hall–Kier alpha value is -3.07. The van der Waals surface area contributed by atoms with Gasteiger partial charge in [0.1, 0.15) is 22.2 Å². The summed E-state index contributed by atoms with van der Waals surface area (Å²) in [5.41, 5.74) is 7.47. The quantitative estimate of drug-likeness (QED) is 0.526. The number of carbonyl (C=O) groups is 1. The third kappa shape index (κ3) is 4.42. The van der Waals surface area contributed by atoms with Gasteiger partial charge in [0.15, 0.2) is 0 Å². The first-order valence-electron chi connectivity index (χ1n) is 8.65. The summed E-state index contributed by atoms with van der Waals surface area (Å²) in [5, 5.41) is 18.6. The van der Waals surface area contributed by atoms with Gasteiger partial charge in [-0.2, -0.15) is 5.26 Å². The van der Waals surface area contributed by atoms with E-state index in [4.69, 9.17) is 12.3 Å². The SMILES string of the molecule is [C-]#[N+]c1c(N(C)CCO)nc(SC(C(N)=O)c2ccccc2)c(C#N)c1CC. The first-order chi connectivity index (χ1) is 13.5. The molecule has 1 aromatic heterocycles. The van der Waals surface area contributed by atoms with Gasteiger partial charge in [-0.1, -0.05) is 49.0 Å². The molecule has 1 atom stereocenters. The minimum absolute atomic E-state index is 0.104. The lowest BCUT2D eigenvalue weighted by Crippen LogP contribution is -2.23. The summed E-state index contributed by atoms with van der Waals surface area (Å²) in [5.74, 6) is -0.168. The average Bonchev–Trinajstić information content (AvgIpc) is 2.71. The largest absolute Gasteiger partial charge is 0.395 e. The number of thioether (sulfide) groups is 1. The summed E-state index contributed by atoms with van der Waals surface area (Å²) in [6.07, 6.45) is 0.462. The normalized spacial score (nSPS) is 11.3. The second-order valence-electron chi connectivity index (χ2n) is 5.98. The molecule has 7 nitrogen and oxygen atoms in total.